The van der Waals surface area contributed by atoms with Crippen molar-refractivity contribution in [3.8, 4) is 0 Å². The quantitative estimate of drug-likeness (QED) is 0.413. The van der Waals surface area contributed by atoms with Crippen LogP contribution in [0.5, 0.6) is 0 Å². The summed E-state index contributed by atoms with van der Waals surface area (Å²) in [6.45, 7) is 9.71. The summed E-state index contributed by atoms with van der Waals surface area (Å²) in [5, 5.41) is 28.5. The van der Waals surface area contributed by atoms with Gasteiger partial charge in [-0.1, -0.05) is 32.9 Å². The molecule has 0 bridgehead atoms. The second kappa shape index (κ2) is 10.0. The van der Waals surface area contributed by atoms with E-state index in [4.69, 9.17) is 0 Å². The van der Waals surface area contributed by atoms with E-state index in [1.807, 2.05) is 6.92 Å². The van der Waals surface area contributed by atoms with Crippen molar-refractivity contribution in [2.24, 2.45) is 10.8 Å². The monoisotopic (exact) mass is 496 g/mol. The van der Waals surface area contributed by atoms with Crippen molar-refractivity contribution < 1.29 is 19.4 Å². The molecule has 1 aliphatic rings. The van der Waals surface area contributed by atoms with E-state index in [9.17, 15) is 29.8 Å². The molecule has 36 heavy (non-hydrogen) atoms. The molecule has 1 fully saturated rings. The smallest absolute Gasteiger partial charge is 0.273 e. The maximum atomic E-state index is 13.0. The Kier molecular flexibility index (Phi) is 7.47. The fourth-order valence-electron chi connectivity index (χ4n) is 5.66. The van der Waals surface area contributed by atoms with Crippen LogP contribution in [-0.4, -0.2) is 34.2 Å². The lowest BCUT2D eigenvalue weighted by Crippen LogP contribution is -2.50. The summed E-state index contributed by atoms with van der Waals surface area (Å²) in [5.74, 6) is -0.744. The molecule has 0 aromatic heterocycles. The summed E-state index contributed by atoms with van der Waals surface area (Å²) < 4.78 is 0. The lowest BCUT2D eigenvalue weighted by Gasteiger charge is -2.47. The average Bonchev–Trinajstić information content (AvgIpc) is 2.76. The van der Waals surface area contributed by atoms with Crippen LogP contribution >= 0.6 is 0 Å². The third-order valence-electron chi connectivity index (χ3n) is 6.95. The van der Waals surface area contributed by atoms with Crippen LogP contribution in [0.15, 0.2) is 36.4 Å². The third kappa shape index (κ3) is 5.87. The van der Waals surface area contributed by atoms with Crippen LogP contribution in [0.25, 0.3) is 0 Å². The van der Waals surface area contributed by atoms with Crippen LogP contribution in [0.1, 0.15) is 71.9 Å². The van der Waals surface area contributed by atoms with Gasteiger partial charge in [-0.2, -0.15) is 0 Å². The van der Waals surface area contributed by atoms with Crippen molar-refractivity contribution in [1.82, 2.24) is 10.6 Å². The first-order valence-corrected chi connectivity index (χ1v) is 11.8. The molecule has 0 aliphatic heterocycles. The van der Waals surface area contributed by atoms with E-state index in [0.29, 0.717) is 24.1 Å². The second-order valence-electron chi connectivity index (χ2n) is 10.8. The van der Waals surface area contributed by atoms with Crippen molar-refractivity contribution >= 4 is 23.2 Å². The van der Waals surface area contributed by atoms with Crippen molar-refractivity contribution in [2.45, 2.75) is 59.9 Å². The number of carbonyl (C=O) groups is 2. The van der Waals surface area contributed by atoms with Crippen LogP contribution in [0.2, 0.25) is 0 Å². The summed E-state index contributed by atoms with van der Waals surface area (Å²) in [6, 6.07) is 8.68. The van der Waals surface area contributed by atoms with Crippen molar-refractivity contribution in [2.75, 3.05) is 6.54 Å². The van der Waals surface area contributed by atoms with E-state index in [1.54, 1.807) is 26.0 Å². The molecule has 2 aromatic rings. The minimum absolute atomic E-state index is 0.101. The van der Waals surface area contributed by atoms with Gasteiger partial charge in [-0.3, -0.25) is 29.8 Å². The lowest BCUT2D eigenvalue weighted by atomic mass is 9.62. The number of nitro benzene ring substituents is 2. The molecule has 0 unspecified atom stereocenters. The predicted octanol–water partition coefficient (Wildman–Crippen LogP) is 4.86. The molecule has 2 aromatic carbocycles. The zero-order valence-electron chi connectivity index (χ0n) is 21.2. The first-order valence-electron chi connectivity index (χ1n) is 11.8. The number of nitro groups is 2. The minimum Gasteiger partial charge on any atom is -0.351 e. The van der Waals surface area contributed by atoms with Gasteiger partial charge >= 0.3 is 0 Å². The molecule has 2 N–H and O–H groups in total. The number of benzene rings is 2. The van der Waals surface area contributed by atoms with Gasteiger partial charge in [0.05, 0.1) is 9.85 Å². The Morgan fingerprint density at radius 1 is 0.889 bits per heavy atom. The molecular weight excluding hydrogens is 464 g/mol. The molecular formula is C26H32N4O6. The summed E-state index contributed by atoms with van der Waals surface area (Å²) in [6.07, 6.45) is 2.13. The van der Waals surface area contributed by atoms with Gasteiger partial charge in [-0.15, -0.1) is 0 Å². The maximum Gasteiger partial charge on any atom is 0.273 e. The average molecular weight is 497 g/mol. The Balaban J connectivity index is 1.74. The highest BCUT2D eigenvalue weighted by molar-refractivity contribution is 5.97. The SMILES string of the molecule is Cc1c(C(=O)NC[C@]2(C)C[C@@H](NC(=O)c3cccc([N+](=O)[O-])c3C)CC(C)(C)C2)cccc1[N+](=O)[O-]. The van der Waals surface area contributed by atoms with Gasteiger partial charge < -0.3 is 10.6 Å². The number of carbonyl (C=O) groups excluding carboxylic acids is 2. The molecule has 0 spiro atoms. The van der Waals surface area contributed by atoms with Gasteiger partial charge in [-0.25, -0.2) is 0 Å². The van der Waals surface area contributed by atoms with Gasteiger partial charge in [0.25, 0.3) is 23.2 Å². The van der Waals surface area contributed by atoms with Gasteiger partial charge in [0.15, 0.2) is 0 Å². The highest BCUT2D eigenvalue weighted by Gasteiger charge is 2.42. The van der Waals surface area contributed by atoms with Crippen molar-refractivity contribution in [3.63, 3.8) is 0 Å². The summed E-state index contributed by atoms with van der Waals surface area (Å²) in [7, 11) is 0. The summed E-state index contributed by atoms with van der Waals surface area (Å²) >= 11 is 0. The van der Waals surface area contributed by atoms with E-state index in [1.165, 1.54) is 24.3 Å². The number of hydrogen-bond acceptors (Lipinski definition) is 6. The Morgan fingerprint density at radius 2 is 1.39 bits per heavy atom. The molecule has 10 heteroatoms. The van der Waals surface area contributed by atoms with Crippen molar-refractivity contribution in [1.29, 1.82) is 0 Å². The van der Waals surface area contributed by atoms with E-state index >= 15 is 0 Å². The van der Waals surface area contributed by atoms with Crippen molar-refractivity contribution in [3.05, 3.63) is 78.9 Å². The Hall–Kier alpha value is -3.82. The molecule has 0 radical (unpaired) electrons. The Labute approximate surface area is 209 Å². The van der Waals surface area contributed by atoms with Gasteiger partial charge in [0, 0.05) is 47.0 Å². The molecule has 0 heterocycles. The molecule has 1 saturated carbocycles. The number of nitrogens with one attached hydrogen (secondary N) is 2. The second-order valence-corrected chi connectivity index (χ2v) is 10.8. The fraction of sp³-hybridized carbons (Fsp3) is 0.462. The number of nitrogens with zero attached hydrogens (tertiary/aromatic N) is 2. The Bertz CT molecular complexity index is 1220. The topological polar surface area (TPSA) is 144 Å². The van der Waals surface area contributed by atoms with Gasteiger partial charge in [0.1, 0.15) is 0 Å². The molecule has 10 nitrogen and oxygen atoms in total. The normalized spacial score (nSPS) is 20.9. The molecule has 2 atom stereocenters. The Morgan fingerprint density at radius 3 is 1.89 bits per heavy atom. The number of amides is 2. The van der Waals surface area contributed by atoms with E-state index in [2.05, 4.69) is 24.5 Å². The molecule has 192 valence electrons. The standard InChI is InChI=1S/C26H32N4O6/c1-16-19(8-6-10-21(16)29(33)34)23(31)27-15-26(5)13-18(12-25(3,4)14-26)28-24(32)20-9-7-11-22(17(20)2)30(35)36/h6-11,18H,12-15H2,1-5H3,(H,27,31)(H,28,32)/t18-,26+/m0/s1. The number of rotatable bonds is 7. The number of hydrogen-bond donors (Lipinski definition) is 2. The van der Waals surface area contributed by atoms with Gasteiger partial charge in [0.2, 0.25) is 0 Å². The molecule has 1 aliphatic carbocycles. The molecule has 3 rings (SSSR count). The third-order valence-corrected chi connectivity index (χ3v) is 6.95. The van der Waals surface area contributed by atoms with Crippen LogP contribution in [0, 0.1) is 44.9 Å². The highest BCUT2D eigenvalue weighted by atomic mass is 16.6. The van der Waals surface area contributed by atoms with Gasteiger partial charge in [-0.05, 0) is 56.1 Å². The zero-order valence-corrected chi connectivity index (χ0v) is 21.2. The van der Waals surface area contributed by atoms with Crippen LogP contribution in [0.4, 0.5) is 11.4 Å². The highest BCUT2D eigenvalue weighted by Crippen LogP contribution is 2.46. The predicted molar refractivity (Wildman–Crippen MR) is 135 cm³/mol. The van der Waals surface area contributed by atoms with E-state index in [-0.39, 0.29) is 51.2 Å². The summed E-state index contributed by atoms with van der Waals surface area (Å²) in [4.78, 5) is 47.4. The zero-order chi connectivity index (χ0) is 26.8. The fourth-order valence-corrected chi connectivity index (χ4v) is 5.66. The van der Waals surface area contributed by atoms with Crippen LogP contribution in [0.3, 0.4) is 0 Å². The van der Waals surface area contributed by atoms with E-state index < -0.39 is 9.85 Å². The lowest BCUT2D eigenvalue weighted by molar-refractivity contribution is -0.385. The summed E-state index contributed by atoms with van der Waals surface area (Å²) in [5.41, 5.74) is 0.473. The van der Waals surface area contributed by atoms with E-state index in [0.717, 1.165) is 12.8 Å². The largest absolute Gasteiger partial charge is 0.351 e. The molecule has 2 amide bonds. The van der Waals surface area contributed by atoms with Crippen LogP contribution in [-0.2, 0) is 0 Å². The maximum absolute atomic E-state index is 13.0. The van der Waals surface area contributed by atoms with Crippen LogP contribution < -0.4 is 10.6 Å². The first kappa shape index (κ1) is 26.8. The minimum atomic E-state index is -0.507. The molecule has 0 saturated heterocycles. The first-order chi connectivity index (χ1) is 16.7.